The van der Waals surface area contributed by atoms with Crippen molar-refractivity contribution in [2.75, 3.05) is 5.32 Å². The van der Waals surface area contributed by atoms with Crippen LogP contribution in [0.1, 0.15) is 9.75 Å². The molecule has 0 saturated heterocycles. The van der Waals surface area contributed by atoms with E-state index in [1.807, 2.05) is 36.4 Å². The van der Waals surface area contributed by atoms with Gasteiger partial charge in [0.05, 0.1) is 6.20 Å². The number of aromatic nitrogens is 1. The summed E-state index contributed by atoms with van der Waals surface area (Å²) in [6.07, 6.45) is 3.11. The predicted octanol–water partition coefficient (Wildman–Crippen LogP) is 3.89. The van der Waals surface area contributed by atoms with Crippen LogP contribution in [0.25, 0.3) is 11.3 Å². The Balaban J connectivity index is 1.65. The van der Waals surface area contributed by atoms with E-state index in [0.717, 1.165) is 26.8 Å². The van der Waals surface area contributed by atoms with Crippen molar-refractivity contribution < 1.29 is 4.42 Å². The number of anilines is 1. The molecule has 98 valence electrons. The first-order valence-corrected chi connectivity index (χ1v) is 6.88. The minimum absolute atomic E-state index is 0.716. The van der Waals surface area contributed by atoms with Gasteiger partial charge >= 0.3 is 0 Å². The average Bonchev–Trinajstić information content (AvgIpc) is 3.17. The molecule has 0 aliphatic heterocycles. The van der Waals surface area contributed by atoms with Gasteiger partial charge in [-0.05, 0) is 36.4 Å². The van der Waals surface area contributed by atoms with Crippen LogP contribution in [0.4, 0.5) is 5.69 Å². The Bertz CT molecular complexity index is 723. The highest BCUT2D eigenvalue weighted by atomic mass is 32.1. The molecule has 0 amide bonds. The average molecular weight is 281 g/mol. The topological polar surface area (TPSA) is 61.9 Å². The van der Waals surface area contributed by atoms with E-state index in [1.165, 1.54) is 17.7 Å². The van der Waals surface area contributed by atoms with Crippen molar-refractivity contribution in [2.45, 2.75) is 6.54 Å². The van der Waals surface area contributed by atoms with Gasteiger partial charge in [-0.15, -0.1) is 11.3 Å². The highest BCUT2D eigenvalue weighted by Gasteiger charge is 2.02. The molecule has 0 fully saturated rings. The largest absolute Gasteiger partial charge is 0.444 e. The van der Waals surface area contributed by atoms with Gasteiger partial charge in [-0.25, -0.2) is 4.98 Å². The summed E-state index contributed by atoms with van der Waals surface area (Å²) in [5.74, 6) is 0.758. The van der Waals surface area contributed by atoms with Crippen LogP contribution >= 0.6 is 11.3 Å². The first-order chi connectivity index (χ1) is 9.85. The molecule has 0 radical (unpaired) electrons. The minimum Gasteiger partial charge on any atom is -0.444 e. The molecule has 2 aromatic heterocycles. The number of rotatable bonds is 4. The summed E-state index contributed by atoms with van der Waals surface area (Å²) in [5.41, 5.74) is 2.02. The lowest BCUT2D eigenvalue weighted by Gasteiger charge is -2.05. The van der Waals surface area contributed by atoms with Gasteiger partial charge in [0.1, 0.15) is 10.9 Å². The van der Waals surface area contributed by atoms with Gasteiger partial charge in [-0.2, -0.15) is 5.26 Å². The van der Waals surface area contributed by atoms with E-state index in [1.54, 1.807) is 6.20 Å². The zero-order valence-electron chi connectivity index (χ0n) is 10.5. The van der Waals surface area contributed by atoms with Gasteiger partial charge in [0.25, 0.3) is 0 Å². The molecule has 0 saturated carbocycles. The summed E-state index contributed by atoms with van der Waals surface area (Å²) in [4.78, 5) is 5.78. The first-order valence-electron chi connectivity index (χ1n) is 6.07. The zero-order valence-corrected chi connectivity index (χ0v) is 11.4. The van der Waals surface area contributed by atoms with Crippen LogP contribution in [0, 0.1) is 11.3 Å². The number of benzene rings is 1. The van der Waals surface area contributed by atoms with Crippen LogP contribution in [0.5, 0.6) is 0 Å². The Kier molecular flexibility index (Phi) is 3.48. The number of hydrogen-bond acceptors (Lipinski definition) is 5. The number of nitrogens with zero attached hydrogens (tertiary/aromatic N) is 2. The van der Waals surface area contributed by atoms with Crippen LogP contribution in [0.2, 0.25) is 0 Å². The second-order valence-corrected chi connectivity index (χ2v) is 5.34. The lowest BCUT2D eigenvalue weighted by molar-refractivity contribution is 0.572. The highest BCUT2D eigenvalue weighted by Crippen LogP contribution is 2.22. The monoisotopic (exact) mass is 281 g/mol. The molecular weight excluding hydrogens is 270 g/mol. The summed E-state index contributed by atoms with van der Waals surface area (Å²) in [6, 6.07) is 13.9. The zero-order chi connectivity index (χ0) is 13.8. The quantitative estimate of drug-likeness (QED) is 0.788. The third-order valence-corrected chi connectivity index (χ3v) is 3.83. The van der Waals surface area contributed by atoms with E-state index in [0.29, 0.717) is 6.54 Å². The molecule has 20 heavy (non-hydrogen) atoms. The predicted molar refractivity (Wildman–Crippen MR) is 78.3 cm³/mol. The van der Waals surface area contributed by atoms with Gasteiger partial charge in [0.2, 0.25) is 0 Å². The maximum atomic E-state index is 8.78. The first kappa shape index (κ1) is 12.5. The number of nitriles is 1. The molecular formula is C15H11N3OS. The fourth-order valence-corrected chi connectivity index (χ4v) is 2.58. The summed E-state index contributed by atoms with van der Waals surface area (Å²) >= 11 is 1.51. The number of thiophene rings is 1. The molecule has 0 bridgehead atoms. The lowest BCUT2D eigenvalue weighted by Crippen LogP contribution is -1.96. The Hall–Kier alpha value is -2.58. The van der Waals surface area contributed by atoms with E-state index in [9.17, 15) is 0 Å². The molecule has 3 rings (SSSR count). The summed E-state index contributed by atoms with van der Waals surface area (Å²) in [6.45, 7) is 0.716. The number of oxazole rings is 1. The van der Waals surface area contributed by atoms with Crippen molar-refractivity contribution in [1.29, 1.82) is 5.26 Å². The van der Waals surface area contributed by atoms with Gasteiger partial charge in [-0.3, -0.25) is 0 Å². The van der Waals surface area contributed by atoms with Crippen molar-refractivity contribution in [1.82, 2.24) is 4.98 Å². The number of nitrogens with one attached hydrogen (secondary N) is 1. The normalized spacial score (nSPS) is 10.2. The molecule has 0 atom stereocenters. The molecule has 0 unspecified atom stereocenters. The fraction of sp³-hybridized carbons (Fsp3) is 0.0667. The highest BCUT2D eigenvalue weighted by molar-refractivity contribution is 7.12. The molecule has 3 aromatic rings. The van der Waals surface area contributed by atoms with E-state index >= 15 is 0 Å². The maximum absolute atomic E-state index is 8.78. The molecule has 0 aliphatic rings. The van der Waals surface area contributed by atoms with Gasteiger partial charge in [0.15, 0.2) is 12.2 Å². The SMILES string of the molecule is N#Cc1ccc(CNc2ccc(-c3cnco3)cc2)s1. The second kappa shape index (κ2) is 5.59. The van der Waals surface area contributed by atoms with E-state index in [2.05, 4.69) is 16.4 Å². The summed E-state index contributed by atoms with van der Waals surface area (Å²) in [7, 11) is 0. The molecule has 4 nitrogen and oxygen atoms in total. The smallest absolute Gasteiger partial charge is 0.181 e. The Labute approximate surface area is 120 Å². The van der Waals surface area contributed by atoms with Crippen molar-refractivity contribution >= 4 is 17.0 Å². The molecule has 0 aliphatic carbocycles. The van der Waals surface area contributed by atoms with Crippen molar-refractivity contribution in [3.8, 4) is 17.4 Å². The molecule has 2 heterocycles. The van der Waals surface area contributed by atoms with Crippen molar-refractivity contribution in [3.05, 3.63) is 58.7 Å². The number of hydrogen-bond donors (Lipinski definition) is 1. The van der Waals surface area contributed by atoms with E-state index in [4.69, 9.17) is 9.68 Å². The molecule has 1 aromatic carbocycles. The molecule has 1 N–H and O–H groups in total. The maximum Gasteiger partial charge on any atom is 0.181 e. The molecule has 5 heteroatoms. The van der Waals surface area contributed by atoms with Gasteiger partial charge in [-0.1, -0.05) is 0 Å². The Morgan fingerprint density at radius 3 is 2.70 bits per heavy atom. The van der Waals surface area contributed by atoms with E-state index in [-0.39, 0.29) is 0 Å². The van der Waals surface area contributed by atoms with Gasteiger partial charge < -0.3 is 9.73 Å². The van der Waals surface area contributed by atoms with Crippen LogP contribution in [0.15, 0.2) is 53.4 Å². The fourth-order valence-electron chi connectivity index (χ4n) is 1.83. The minimum atomic E-state index is 0.716. The Morgan fingerprint density at radius 2 is 2.05 bits per heavy atom. The third-order valence-electron chi connectivity index (χ3n) is 2.84. The van der Waals surface area contributed by atoms with Crippen LogP contribution in [-0.2, 0) is 6.54 Å². The van der Waals surface area contributed by atoms with Crippen molar-refractivity contribution in [3.63, 3.8) is 0 Å². The standard InChI is InChI=1S/C15H11N3OS/c16-7-13-5-6-14(20-13)8-18-12-3-1-11(2-4-12)15-9-17-10-19-15/h1-6,9-10,18H,8H2. The molecule has 0 spiro atoms. The van der Waals surface area contributed by atoms with Crippen LogP contribution in [0.3, 0.4) is 0 Å². The Morgan fingerprint density at radius 1 is 1.20 bits per heavy atom. The van der Waals surface area contributed by atoms with E-state index < -0.39 is 0 Å². The van der Waals surface area contributed by atoms with Crippen LogP contribution < -0.4 is 5.32 Å². The lowest BCUT2D eigenvalue weighted by atomic mass is 10.2. The van der Waals surface area contributed by atoms with Gasteiger partial charge in [0, 0.05) is 22.7 Å². The van der Waals surface area contributed by atoms with Crippen molar-refractivity contribution in [2.24, 2.45) is 0 Å². The summed E-state index contributed by atoms with van der Waals surface area (Å²) < 4.78 is 5.24. The van der Waals surface area contributed by atoms with Crippen LogP contribution in [-0.4, -0.2) is 4.98 Å². The third kappa shape index (κ3) is 2.71. The summed E-state index contributed by atoms with van der Waals surface area (Å²) in [5, 5.41) is 12.1. The second-order valence-electron chi connectivity index (χ2n) is 4.17.